The minimum Gasteiger partial charge on any atom is -0.469 e. The van der Waals surface area contributed by atoms with E-state index in [4.69, 9.17) is 4.42 Å². The van der Waals surface area contributed by atoms with Crippen molar-refractivity contribution >= 4 is 11.0 Å². The molecule has 4 nitrogen and oxygen atoms in total. The molecule has 1 aromatic carbocycles. The number of fused-ring (bicyclic) bond motifs is 1. The lowest BCUT2D eigenvalue weighted by Crippen LogP contribution is -2.17. The fourth-order valence-corrected chi connectivity index (χ4v) is 1.96. The number of para-hydroxylation sites is 2. The van der Waals surface area contributed by atoms with E-state index in [-0.39, 0.29) is 0 Å². The van der Waals surface area contributed by atoms with Gasteiger partial charge in [-0.25, -0.2) is 4.98 Å². The van der Waals surface area contributed by atoms with Gasteiger partial charge in [-0.05, 0) is 24.3 Å². The van der Waals surface area contributed by atoms with Crippen molar-refractivity contribution in [1.29, 1.82) is 0 Å². The Morgan fingerprint density at radius 3 is 2.79 bits per heavy atom. The fourth-order valence-electron chi connectivity index (χ4n) is 1.96. The van der Waals surface area contributed by atoms with Gasteiger partial charge in [0.05, 0.1) is 29.2 Å². The molecule has 0 spiro atoms. The summed E-state index contributed by atoms with van der Waals surface area (Å²) in [6, 6.07) is 11.8. The molecule has 0 aliphatic carbocycles. The molecule has 0 fully saturated rings. The highest BCUT2D eigenvalue weighted by Gasteiger charge is 1.99. The second-order valence-electron chi connectivity index (χ2n) is 4.36. The number of aromatic nitrogens is 2. The Morgan fingerprint density at radius 1 is 1.05 bits per heavy atom. The lowest BCUT2D eigenvalue weighted by Gasteiger charge is -2.04. The van der Waals surface area contributed by atoms with Crippen molar-refractivity contribution in [2.75, 3.05) is 6.54 Å². The molecular weight excluding hydrogens is 238 g/mol. The van der Waals surface area contributed by atoms with Gasteiger partial charge in [-0.15, -0.1) is 0 Å². The van der Waals surface area contributed by atoms with Crippen LogP contribution in [0.3, 0.4) is 0 Å². The van der Waals surface area contributed by atoms with Gasteiger partial charge >= 0.3 is 0 Å². The molecule has 4 heteroatoms. The number of hydrogen-bond donors (Lipinski definition) is 1. The van der Waals surface area contributed by atoms with Crippen LogP contribution in [-0.2, 0) is 13.0 Å². The van der Waals surface area contributed by atoms with Crippen molar-refractivity contribution in [3.05, 3.63) is 60.3 Å². The summed E-state index contributed by atoms with van der Waals surface area (Å²) in [4.78, 5) is 8.95. The van der Waals surface area contributed by atoms with Crippen LogP contribution in [0.15, 0.2) is 53.3 Å². The van der Waals surface area contributed by atoms with E-state index in [2.05, 4.69) is 15.3 Å². The summed E-state index contributed by atoms with van der Waals surface area (Å²) in [5.41, 5.74) is 2.83. The third-order valence-electron chi connectivity index (χ3n) is 2.93. The summed E-state index contributed by atoms with van der Waals surface area (Å²) in [5.74, 6) is 0.997. The zero-order chi connectivity index (χ0) is 12.9. The van der Waals surface area contributed by atoms with Crippen molar-refractivity contribution in [1.82, 2.24) is 15.3 Å². The van der Waals surface area contributed by atoms with Gasteiger partial charge < -0.3 is 9.73 Å². The minimum atomic E-state index is 0.721. The van der Waals surface area contributed by atoms with E-state index in [9.17, 15) is 0 Å². The second kappa shape index (κ2) is 5.63. The molecule has 0 radical (unpaired) electrons. The molecule has 96 valence electrons. The molecule has 0 atom stereocenters. The Balaban J connectivity index is 1.56. The summed E-state index contributed by atoms with van der Waals surface area (Å²) in [6.45, 7) is 1.58. The summed E-state index contributed by atoms with van der Waals surface area (Å²) in [5, 5.41) is 3.34. The first kappa shape index (κ1) is 11.9. The van der Waals surface area contributed by atoms with Crippen molar-refractivity contribution in [3.63, 3.8) is 0 Å². The van der Waals surface area contributed by atoms with Gasteiger partial charge in [0.1, 0.15) is 5.76 Å². The summed E-state index contributed by atoms with van der Waals surface area (Å²) < 4.78 is 5.28. The maximum absolute atomic E-state index is 5.28. The quantitative estimate of drug-likeness (QED) is 0.710. The number of rotatable bonds is 5. The van der Waals surface area contributed by atoms with E-state index in [1.165, 1.54) is 0 Å². The Bertz CT molecular complexity index is 649. The van der Waals surface area contributed by atoms with Crippen molar-refractivity contribution < 1.29 is 4.42 Å². The van der Waals surface area contributed by atoms with Gasteiger partial charge in [0, 0.05) is 19.5 Å². The van der Waals surface area contributed by atoms with E-state index in [0.29, 0.717) is 0 Å². The highest BCUT2D eigenvalue weighted by Crippen LogP contribution is 2.08. The molecule has 2 aromatic heterocycles. The van der Waals surface area contributed by atoms with Gasteiger partial charge in [0.2, 0.25) is 0 Å². The normalized spacial score (nSPS) is 10.9. The summed E-state index contributed by atoms with van der Waals surface area (Å²) >= 11 is 0. The second-order valence-corrected chi connectivity index (χ2v) is 4.36. The minimum absolute atomic E-state index is 0.721. The fraction of sp³-hybridized carbons (Fsp3) is 0.200. The van der Waals surface area contributed by atoms with Crippen molar-refractivity contribution in [3.8, 4) is 0 Å². The molecule has 0 amide bonds. The molecule has 19 heavy (non-hydrogen) atoms. The number of furan rings is 1. The third kappa shape index (κ3) is 2.98. The largest absolute Gasteiger partial charge is 0.469 e. The average Bonchev–Trinajstić information content (AvgIpc) is 2.97. The number of hydrogen-bond acceptors (Lipinski definition) is 4. The van der Waals surface area contributed by atoms with Gasteiger partial charge in [-0.1, -0.05) is 12.1 Å². The van der Waals surface area contributed by atoms with E-state index in [1.54, 1.807) is 6.26 Å². The van der Waals surface area contributed by atoms with Crippen LogP contribution in [0.1, 0.15) is 11.5 Å². The van der Waals surface area contributed by atoms with Crippen LogP contribution in [0.5, 0.6) is 0 Å². The Kier molecular flexibility index (Phi) is 3.51. The van der Waals surface area contributed by atoms with Crippen LogP contribution in [0.2, 0.25) is 0 Å². The Labute approximate surface area is 111 Å². The smallest absolute Gasteiger partial charge is 0.105 e. The molecule has 0 saturated heterocycles. The lowest BCUT2D eigenvalue weighted by molar-refractivity contribution is 0.498. The maximum atomic E-state index is 5.28. The zero-order valence-corrected chi connectivity index (χ0v) is 10.5. The zero-order valence-electron chi connectivity index (χ0n) is 10.5. The van der Waals surface area contributed by atoms with Crippen molar-refractivity contribution in [2.45, 2.75) is 13.0 Å². The van der Waals surface area contributed by atoms with Crippen molar-refractivity contribution in [2.24, 2.45) is 0 Å². The standard InChI is InChI=1S/C15H15N3O/c1-2-6-15-14(5-1)17-11-12(18-15)10-16-8-7-13-4-3-9-19-13/h1-6,9,11,16H,7-8,10H2. The van der Waals surface area contributed by atoms with Gasteiger partial charge in [-0.3, -0.25) is 4.98 Å². The predicted molar refractivity (Wildman–Crippen MR) is 73.7 cm³/mol. The molecule has 0 unspecified atom stereocenters. The molecule has 0 aliphatic heterocycles. The topological polar surface area (TPSA) is 51.0 Å². The molecular formula is C15H15N3O. The van der Waals surface area contributed by atoms with E-state index >= 15 is 0 Å². The molecule has 3 rings (SSSR count). The highest BCUT2D eigenvalue weighted by molar-refractivity contribution is 5.73. The first-order valence-corrected chi connectivity index (χ1v) is 6.35. The Morgan fingerprint density at radius 2 is 1.95 bits per heavy atom. The Hall–Kier alpha value is -2.20. The number of nitrogens with one attached hydrogen (secondary N) is 1. The maximum Gasteiger partial charge on any atom is 0.105 e. The average molecular weight is 253 g/mol. The lowest BCUT2D eigenvalue weighted by atomic mass is 10.3. The van der Waals surface area contributed by atoms with Crippen LogP contribution < -0.4 is 5.32 Å². The molecule has 3 aromatic rings. The number of benzene rings is 1. The third-order valence-corrected chi connectivity index (χ3v) is 2.93. The van der Waals surface area contributed by atoms with Crippen LogP contribution in [0.25, 0.3) is 11.0 Å². The SMILES string of the molecule is c1coc(CCNCc2cnc3ccccc3n2)c1. The van der Waals surface area contributed by atoms with E-state index in [0.717, 1.165) is 42.0 Å². The highest BCUT2D eigenvalue weighted by atomic mass is 16.3. The van der Waals surface area contributed by atoms with Crippen LogP contribution in [0, 0.1) is 0 Å². The molecule has 0 saturated carbocycles. The number of nitrogens with zero attached hydrogens (tertiary/aromatic N) is 2. The van der Waals surface area contributed by atoms with E-state index < -0.39 is 0 Å². The van der Waals surface area contributed by atoms with Gasteiger partial charge in [0.15, 0.2) is 0 Å². The van der Waals surface area contributed by atoms with Crippen LogP contribution in [0.4, 0.5) is 0 Å². The summed E-state index contributed by atoms with van der Waals surface area (Å²) in [7, 11) is 0. The summed E-state index contributed by atoms with van der Waals surface area (Å²) in [6.07, 6.45) is 4.40. The van der Waals surface area contributed by atoms with Crippen LogP contribution in [-0.4, -0.2) is 16.5 Å². The first-order valence-electron chi connectivity index (χ1n) is 6.35. The molecule has 0 aliphatic rings. The first-order chi connectivity index (χ1) is 9.42. The predicted octanol–water partition coefficient (Wildman–Crippen LogP) is 2.56. The van der Waals surface area contributed by atoms with Gasteiger partial charge in [-0.2, -0.15) is 0 Å². The van der Waals surface area contributed by atoms with Crippen LogP contribution >= 0.6 is 0 Å². The molecule has 2 heterocycles. The molecule has 1 N–H and O–H groups in total. The van der Waals surface area contributed by atoms with Gasteiger partial charge in [0.25, 0.3) is 0 Å². The monoisotopic (exact) mass is 253 g/mol. The van der Waals surface area contributed by atoms with E-state index in [1.807, 2.05) is 42.6 Å². The molecule has 0 bridgehead atoms.